The highest BCUT2D eigenvalue weighted by atomic mass is 32.2. The van der Waals surface area contributed by atoms with Crippen molar-refractivity contribution in [3.8, 4) is 11.1 Å². The number of piperazine rings is 1. The molecule has 7 nitrogen and oxygen atoms in total. The van der Waals surface area contributed by atoms with Crippen LogP contribution in [0.4, 0.5) is 4.39 Å². The minimum Gasteiger partial charge on any atom is -0.309 e. The summed E-state index contributed by atoms with van der Waals surface area (Å²) in [6, 6.07) is 14.9. The Balaban J connectivity index is 1.35. The predicted molar refractivity (Wildman–Crippen MR) is 131 cm³/mol. The highest BCUT2D eigenvalue weighted by molar-refractivity contribution is 7.89. The number of sulfonamides is 1. The first-order chi connectivity index (χ1) is 16.4. The van der Waals surface area contributed by atoms with Gasteiger partial charge in [-0.05, 0) is 24.6 Å². The molecule has 1 aliphatic rings. The lowest BCUT2D eigenvalue weighted by atomic mass is 10.1. The SMILES string of the molecule is CC(c1nc2scc(-c3ccccc3)c2c(=O)[nH]1)N1CCN(S(=O)(=O)c2ccccc2F)CC1. The van der Waals surface area contributed by atoms with Crippen molar-refractivity contribution >= 4 is 31.6 Å². The summed E-state index contributed by atoms with van der Waals surface area (Å²) in [7, 11) is -3.91. The Kier molecular flexibility index (Phi) is 6.07. The Bertz CT molecular complexity index is 1490. The number of halogens is 1. The average molecular weight is 499 g/mol. The molecule has 2 aromatic carbocycles. The van der Waals surface area contributed by atoms with Crippen molar-refractivity contribution in [2.24, 2.45) is 0 Å². The standard InChI is InChI=1S/C24H23FN4O3S2/c1-16(28-11-13-29(14-12-28)34(31,32)20-10-6-5-9-19(20)25)22-26-23(30)21-18(15-33-24(21)27-22)17-7-3-2-4-8-17/h2-10,15-16H,11-14H2,1H3,(H,26,27,30). The number of benzene rings is 2. The molecule has 1 aliphatic heterocycles. The smallest absolute Gasteiger partial charge is 0.260 e. The van der Waals surface area contributed by atoms with E-state index in [9.17, 15) is 17.6 Å². The summed E-state index contributed by atoms with van der Waals surface area (Å²) in [4.78, 5) is 23.1. The molecule has 176 valence electrons. The lowest BCUT2D eigenvalue weighted by molar-refractivity contribution is 0.141. The number of aromatic amines is 1. The Morgan fingerprint density at radius 1 is 1.03 bits per heavy atom. The average Bonchev–Trinajstić information content (AvgIpc) is 3.29. The molecule has 1 fully saturated rings. The van der Waals surface area contributed by atoms with Gasteiger partial charge >= 0.3 is 0 Å². The number of hydrogen-bond donors (Lipinski definition) is 1. The van der Waals surface area contributed by atoms with Crippen LogP contribution in [0.5, 0.6) is 0 Å². The summed E-state index contributed by atoms with van der Waals surface area (Å²) in [6.45, 7) is 3.28. The first kappa shape index (κ1) is 22.9. The molecule has 0 bridgehead atoms. The molecule has 0 amide bonds. The summed E-state index contributed by atoms with van der Waals surface area (Å²) in [5.74, 6) is -0.205. The zero-order valence-electron chi connectivity index (χ0n) is 18.4. The second kappa shape index (κ2) is 9.03. The molecule has 34 heavy (non-hydrogen) atoms. The minimum absolute atomic E-state index is 0.187. The van der Waals surface area contributed by atoms with Gasteiger partial charge < -0.3 is 4.98 Å². The van der Waals surface area contributed by atoms with E-state index in [0.717, 1.165) is 17.2 Å². The number of nitrogens with one attached hydrogen (secondary N) is 1. The highest BCUT2D eigenvalue weighted by Crippen LogP contribution is 2.31. The molecule has 4 aromatic rings. The quantitative estimate of drug-likeness (QED) is 0.452. The summed E-state index contributed by atoms with van der Waals surface area (Å²) >= 11 is 1.43. The maximum Gasteiger partial charge on any atom is 0.260 e. The third kappa shape index (κ3) is 4.07. The molecule has 0 radical (unpaired) electrons. The molecule has 0 spiro atoms. The van der Waals surface area contributed by atoms with Crippen LogP contribution in [0, 0.1) is 5.82 Å². The zero-order chi connectivity index (χ0) is 23.9. The van der Waals surface area contributed by atoms with Gasteiger partial charge in [-0.25, -0.2) is 17.8 Å². The van der Waals surface area contributed by atoms with Gasteiger partial charge in [-0.1, -0.05) is 42.5 Å². The van der Waals surface area contributed by atoms with Gasteiger partial charge in [-0.15, -0.1) is 11.3 Å². The van der Waals surface area contributed by atoms with E-state index >= 15 is 0 Å². The first-order valence-electron chi connectivity index (χ1n) is 10.9. The number of rotatable bonds is 5. The van der Waals surface area contributed by atoms with Crippen molar-refractivity contribution in [2.75, 3.05) is 26.2 Å². The van der Waals surface area contributed by atoms with Gasteiger partial charge in [0.2, 0.25) is 10.0 Å². The Morgan fingerprint density at radius 3 is 2.41 bits per heavy atom. The van der Waals surface area contributed by atoms with Gasteiger partial charge in [-0.3, -0.25) is 9.69 Å². The van der Waals surface area contributed by atoms with E-state index in [1.54, 1.807) is 0 Å². The third-order valence-corrected chi connectivity index (χ3v) is 9.02. The fourth-order valence-corrected chi connectivity index (χ4v) is 6.73. The van der Waals surface area contributed by atoms with Crippen molar-refractivity contribution in [3.05, 3.63) is 82.0 Å². The Labute approximate surface area is 200 Å². The van der Waals surface area contributed by atoms with Crippen molar-refractivity contribution < 1.29 is 12.8 Å². The molecule has 5 rings (SSSR count). The molecular formula is C24H23FN4O3S2. The molecule has 1 N–H and O–H groups in total. The molecule has 10 heteroatoms. The maximum absolute atomic E-state index is 14.1. The van der Waals surface area contributed by atoms with E-state index in [0.29, 0.717) is 29.1 Å². The van der Waals surface area contributed by atoms with Crippen LogP contribution in [0.3, 0.4) is 0 Å². The van der Waals surface area contributed by atoms with Crippen LogP contribution in [-0.4, -0.2) is 53.8 Å². The topological polar surface area (TPSA) is 86.4 Å². The number of thiophene rings is 1. The second-order valence-electron chi connectivity index (χ2n) is 8.19. The molecule has 1 saturated heterocycles. The van der Waals surface area contributed by atoms with Crippen molar-refractivity contribution in [1.29, 1.82) is 0 Å². The van der Waals surface area contributed by atoms with Crippen LogP contribution < -0.4 is 5.56 Å². The number of H-pyrrole nitrogens is 1. The monoisotopic (exact) mass is 498 g/mol. The summed E-state index contributed by atoms with van der Waals surface area (Å²) < 4.78 is 41.1. The lowest BCUT2D eigenvalue weighted by Gasteiger charge is -2.36. The van der Waals surface area contributed by atoms with E-state index in [1.807, 2.05) is 42.6 Å². The van der Waals surface area contributed by atoms with Crippen molar-refractivity contribution in [2.45, 2.75) is 17.9 Å². The minimum atomic E-state index is -3.91. The fraction of sp³-hybridized carbons (Fsp3) is 0.250. The molecule has 1 atom stereocenters. The van der Waals surface area contributed by atoms with Gasteiger partial charge in [-0.2, -0.15) is 4.31 Å². The van der Waals surface area contributed by atoms with E-state index in [-0.39, 0.29) is 29.6 Å². The molecule has 2 aromatic heterocycles. The van der Waals surface area contributed by atoms with Gasteiger partial charge in [0.25, 0.3) is 5.56 Å². The third-order valence-electron chi connectivity index (χ3n) is 6.22. The number of fused-ring (bicyclic) bond motifs is 1. The van der Waals surface area contributed by atoms with E-state index in [2.05, 4.69) is 9.88 Å². The van der Waals surface area contributed by atoms with E-state index < -0.39 is 15.8 Å². The molecule has 0 aliphatic carbocycles. The van der Waals surface area contributed by atoms with Gasteiger partial charge in [0.05, 0.1) is 11.4 Å². The zero-order valence-corrected chi connectivity index (χ0v) is 20.1. The van der Waals surface area contributed by atoms with Gasteiger partial charge in [0.1, 0.15) is 21.4 Å². The van der Waals surface area contributed by atoms with Crippen LogP contribution >= 0.6 is 11.3 Å². The predicted octanol–water partition coefficient (Wildman–Crippen LogP) is 3.86. The second-order valence-corrected chi connectivity index (χ2v) is 11.0. The fourth-order valence-electron chi connectivity index (χ4n) is 4.29. The first-order valence-corrected chi connectivity index (χ1v) is 13.2. The Hall–Kier alpha value is -2.92. The highest BCUT2D eigenvalue weighted by Gasteiger charge is 2.32. The number of hydrogen-bond acceptors (Lipinski definition) is 6. The van der Waals surface area contributed by atoms with Gasteiger partial charge in [0.15, 0.2) is 0 Å². The maximum atomic E-state index is 14.1. The van der Waals surface area contributed by atoms with Crippen LogP contribution in [0.2, 0.25) is 0 Å². The lowest BCUT2D eigenvalue weighted by Crippen LogP contribution is -2.49. The number of nitrogens with zero attached hydrogens (tertiary/aromatic N) is 3. The Morgan fingerprint density at radius 2 is 1.71 bits per heavy atom. The van der Waals surface area contributed by atoms with Crippen molar-refractivity contribution in [1.82, 2.24) is 19.2 Å². The normalized spacial score (nSPS) is 16.6. The largest absolute Gasteiger partial charge is 0.309 e. The van der Waals surface area contributed by atoms with Crippen LogP contribution in [-0.2, 0) is 10.0 Å². The van der Waals surface area contributed by atoms with E-state index in [4.69, 9.17) is 4.98 Å². The molecule has 1 unspecified atom stereocenters. The molecular weight excluding hydrogens is 475 g/mol. The van der Waals surface area contributed by atoms with E-state index in [1.165, 1.54) is 33.8 Å². The van der Waals surface area contributed by atoms with Crippen LogP contribution in [0.1, 0.15) is 18.8 Å². The summed E-state index contributed by atoms with van der Waals surface area (Å²) in [5.41, 5.74) is 1.64. The van der Waals surface area contributed by atoms with Crippen LogP contribution in [0.15, 0.2) is 69.7 Å². The van der Waals surface area contributed by atoms with Gasteiger partial charge in [0, 0.05) is 37.1 Å². The number of aromatic nitrogens is 2. The molecule has 0 saturated carbocycles. The summed E-state index contributed by atoms with van der Waals surface area (Å²) in [6.07, 6.45) is 0. The van der Waals surface area contributed by atoms with Crippen LogP contribution in [0.25, 0.3) is 21.3 Å². The summed E-state index contributed by atoms with van der Waals surface area (Å²) in [5, 5.41) is 2.52. The van der Waals surface area contributed by atoms with Crippen molar-refractivity contribution in [3.63, 3.8) is 0 Å². The molecule has 3 heterocycles.